The van der Waals surface area contributed by atoms with E-state index in [1.165, 1.54) is 4.72 Å². The third-order valence-electron chi connectivity index (χ3n) is 1.95. The first-order valence-electron chi connectivity index (χ1n) is 3.77. The first-order valence-corrected chi connectivity index (χ1v) is 5.32. The molecule has 1 rings (SSSR count). The fraction of sp³-hybridized carbons (Fsp3) is 0.833. The van der Waals surface area contributed by atoms with Crippen molar-refractivity contribution < 1.29 is 22.0 Å². The molecule has 1 fully saturated rings. The number of carbonyl (C=O) groups is 1. The summed E-state index contributed by atoms with van der Waals surface area (Å²) in [6.45, 7) is 0. The van der Waals surface area contributed by atoms with E-state index in [1.807, 2.05) is 0 Å². The lowest BCUT2D eigenvalue weighted by Gasteiger charge is -2.23. The fourth-order valence-corrected chi connectivity index (χ4v) is 1.47. The Morgan fingerprint density at radius 2 is 1.92 bits per heavy atom. The van der Waals surface area contributed by atoms with Crippen molar-refractivity contribution in [1.82, 2.24) is 4.72 Å². The van der Waals surface area contributed by atoms with E-state index in [9.17, 15) is 22.0 Å². The zero-order valence-electron chi connectivity index (χ0n) is 6.66. The second-order valence-corrected chi connectivity index (χ2v) is 4.55. The molecule has 7 heteroatoms. The number of nitrogens with one attached hydrogen (secondary N) is 1. The highest BCUT2D eigenvalue weighted by molar-refractivity contribution is 7.90. The van der Waals surface area contributed by atoms with Gasteiger partial charge in [0.25, 0.3) is 10.0 Å². The van der Waals surface area contributed by atoms with Crippen LogP contribution in [0.4, 0.5) is 8.78 Å². The molecule has 1 saturated carbocycles. The second-order valence-electron chi connectivity index (χ2n) is 2.90. The quantitative estimate of drug-likeness (QED) is 0.740. The van der Waals surface area contributed by atoms with E-state index in [0.29, 0.717) is 12.8 Å². The summed E-state index contributed by atoms with van der Waals surface area (Å²) in [5, 5.41) is 0. The Morgan fingerprint density at radius 3 is 2.23 bits per heavy atom. The number of rotatable bonds is 3. The minimum absolute atomic E-state index is 0.409. The van der Waals surface area contributed by atoms with Crippen molar-refractivity contribution in [2.24, 2.45) is 5.92 Å². The Bertz CT molecular complexity index is 297. The molecule has 13 heavy (non-hydrogen) atoms. The van der Waals surface area contributed by atoms with Gasteiger partial charge < -0.3 is 0 Å². The molecule has 1 N–H and O–H groups in total. The minimum Gasteiger partial charge on any atom is -0.274 e. The molecule has 0 aromatic carbocycles. The van der Waals surface area contributed by atoms with Crippen LogP contribution in [0.5, 0.6) is 0 Å². The summed E-state index contributed by atoms with van der Waals surface area (Å²) in [6.07, 6.45) is 1.99. The maximum atomic E-state index is 11.8. The lowest BCUT2D eigenvalue weighted by Crippen LogP contribution is -2.40. The van der Waals surface area contributed by atoms with Crippen LogP contribution < -0.4 is 4.72 Å². The topological polar surface area (TPSA) is 63.2 Å². The van der Waals surface area contributed by atoms with Gasteiger partial charge in [0, 0.05) is 5.92 Å². The number of hydrogen-bond donors (Lipinski definition) is 1. The van der Waals surface area contributed by atoms with Gasteiger partial charge in [-0.3, -0.25) is 4.79 Å². The maximum Gasteiger partial charge on any atom is 0.355 e. The van der Waals surface area contributed by atoms with Gasteiger partial charge in [-0.2, -0.15) is 8.78 Å². The van der Waals surface area contributed by atoms with Crippen LogP contribution in [0.25, 0.3) is 0 Å². The minimum atomic E-state index is -4.75. The van der Waals surface area contributed by atoms with E-state index >= 15 is 0 Å². The van der Waals surface area contributed by atoms with E-state index in [0.717, 1.165) is 6.42 Å². The van der Waals surface area contributed by atoms with Gasteiger partial charge in [-0.1, -0.05) is 6.42 Å². The summed E-state index contributed by atoms with van der Waals surface area (Å²) >= 11 is 0. The molecule has 0 aliphatic heterocycles. The van der Waals surface area contributed by atoms with Crippen LogP contribution in [0, 0.1) is 5.92 Å². The second kappa shape index (κ2) is 3.57. The predicted molar refractivity (Wildman–Crippen MR) is 40.4 cm³/mol. The third kappa shape index (κ3) is 2.36. The normalized spacial score (nSPS) is 18.4. The summed E-state index contributed by atoms with van der Waals surface area (Å²) in [5.41, 5.74) is 0. The van der Waals surface area contributed by atoms with Gasteiger partial charge in [-0.05, 0) is 12.8 Å². The Kier molecular flexibility index (Phi) is 2.84. The smallest absolute Gasteiger partial charge is 0.274 e. The zero-order valence-corrected chi connectivity index (χ0v) is 7.48. The molecule has 1 amide bonds. The molecule has 0 spiro atoms. The molecule has 0 aromatic rings. The van der Waals surface area contributed by atoms with Gasteiger partial charge >= 0.3 is 5.76 Å². The van der Waals surface area contributed by atoms with E-state index in [-0.39, 0.29) is 0 Å². The van der Waals surface area contributed by atoms with Crippen LogP contribution in [0.1, 0.15) is 19.3 Å². The summed E-state index contributed by atoms with van der Waals surface area (Å²) < 4.78 is 45.9. The molecule has 0 radical (unpaired) electrons. The number of amides is 1. The molecule has 0 bridgehead atoms. The summed E-state index contributed by atoms with van der Waals surface area (Å²) in [7, 11) is -4.75. The van der Waals surface area contributed by atoms with Gasteiger partial charge in [-0.25, -0.2) is 13.1 Å². The van der Waals surface area contributed by atoms with Crippen LogP contribution in [-0.2, 0) is 14.8 Å². The SMILES string of the molecule is O=C(NS(=O)(=O)C(F)F)C1CCC1. The van der Waals surface area contributed by atoms with Crippen molar-refractivity contribution in [1.29, 1.82) is 0 Å². The summed E-state index contributed by atoms with van der Waals surface area (Å²) in [5.74, 6) is -4.77. The van der Waals surface area contributed by atoms with Crippen molar-refractivity contribution in [3.05, 3.63) is 0 Å². The van der Waals surface area contributed by atoms with Gasteiger partial charge in [0.2, 0.25) is 5.91 Å². The molecule has 0 saturated heterocycles. The molecule has 1 aliphatic carbocycles. The molecular formula is C6H9F2NO3S. The molecule has 0 aromatic heterocycles. The average molecular weight is 213 g/mol. The first-order chi connectivity index (χ1) is 5.93. The van der Waals surface area contributed by atoms with Crippen molar-refractivity contribution in [2.75, 3.05) is 0 Å². The molecule has 4 nitrogen and oxygen atoms in total. The number of sulfonamides is 1. The summed E-state index contributed by atoms with van der Waals surface area (Å²) in [6, 6.07) is 0. The van der Waals surface area contributed by atoms with Crippen LogP contribution in [0.3, 0.4) is 0 Å². The lowest BCUT2D eigenvalue weighted by molar-refractivity contribution is -0.125. The molecule has 0 heterocycles. The maximum absolute atomic E-state index is 11.8. The highest BCUT2D eigenvalue weighted by Gasteiger charge is 2.32. The molecule has 1 aliphatic rings. The standard InChI is InChI=1S/C6H9F2NO3S/c7-6(8)13(11,12)9-5(10)4-2-1-3-4/h4,6H,1-3H2,(H,9,10). The lowest BCUT2D eigenvalue weighted by atomic mass is 9.85. The van der Waals surface area contributed by atoms with Crippen LogP contribution in [0.2, 0.25) is 0 Å². The molecule has 76 valence electrons. The molecule has 0 unspecified atom stereocenters. The van der Waals surface area contributed by atoms with Crippen molar-refractivity contribution >= 4 is 15.9 Å². The van der Waals surface area contributed by atoms with Crippen LogP contribution in [-0.4, -0.2) is 20.1 Å². The van der Waals surface area contributed by atoms with E-state index in [4.69, 9.17) is 0 Å². The van der Waals surface area contributed by atoms with E-state index in [2.05, 4.69) is 0 Å². The predicted octanol–water partition coefficient (Wildman–Crippen LogP) is 0.455. The Hall–Kier alpha value is -0.720. The number of alkyl halides is 2. The molecule has 0 atom stereocenters. The van der Waals surface area contributed by atoms with Gasteiger partial charge in [0.05, 0.1) is 0 Å². The molecular weight excluding hydrogens is 204 g/mol. The largest absolute Gasteiger partial charge is 0.355 e. The third-order valence-corrected chi connectivity index (χ3v) is 2.91. The highest BCUT2D eigenvalue weighted by Crippen LogP contribution is 2.26. The fourth-order valence-electron chi connectivity index (χ4n) is 0.939. The Labute approximate surface area is 74.4 Å². The van der Waals surface area contributed by atoms with E-state index < -0.39 is 27.6 Å². The average Bonchev–Trinajstić information content (AvgIpc) is 1.80. The Balaban J connectivity index is 2.52. The monoisotopic (exact) mass is 213 g/mol. The van der Waals surface area contributed by atoms with Crippen molar-refractivity contribution in [3.63, 3.8) is 0 Å². The van der Waals surface area contributed by atoms with Crippen LogP contribution >= 0.6 is 0 Å². The zero-order chi connectivity index (χ0) is 10.1. The van der Waals surface area contributed by atoms with Crippen molar-refractivity contribution in [2.45, 2.75) is 25.0 Å². The van der Waals surface area contributed by atoms with E-state index in [1.54, 1.807) is 0 Å². The Morgan fingerprint density at radius 1 is 1.38 bits per heavy atom. The van der Waals surface area contributed by atoms with Gasteiger partial charge in [0.1, 0.15) is 0 Å². The van der Waals surface area contributed by atoms with Crippen LogP contribution in [0.15, 0.2) is 0 Å². The number of halogens is 2. The van der Waals surface area contributed by atoms with Gasteiger partial charge in [0.15, 0.2) is 0 Å². The van der Waals surface area contributed by atoms with Gasteiger partial charge in [-0.15, -0.1) is 0 Å². The summed E-state index contributed by atoms with van der Waals surface area (Å²) in [4.78, 5) is 10.9. The highest BCUT2D eigenvalue weighted by atomic mass is 32.2. The number of carbonyl (C=O) groups excluding carboxylic acids is 1. The van der Waals surface area contributed by atoms with Crippen molar-refractivity contribution in [3.8, 4) is 0 Å². The first kappa shape index (κ1) is 10.4. The number of hydrogen-bond acceptors (Lipinski definition) is 3.